The van der Waals surface area contributed by atoms with Crippen molar-refractivity contribution in [3.63, 3.8) is 0 Å². The first-order valence-electron chi connectivity index (χ1n) is 6.26. The van der Waals surface area contributed by atoms with Crippen LogP contribution in [-0.2, 0) is 9.59 Å². The lowest BCUT2D eigenvalue weighted by Gasteiger charge is -2.34. The fourth-order valence-corrected chi connectivity index (χ4v) is 2.64. The third-order valence-electron chi connectivity index (χ3n) is 3.61. The number of aldehydes is 1. The molecule has 0 aromatic rings. The van der Waals surface area contributed by atoms with Crippen LogP contribution in [0.15, 0.2) is 0 Å². The lowest BCUT2D eigenvalue weighted by molar-refractivity contribution is -0.138. The first-order chi connectivity index (χ1) is 7.81. The molecular formula is C12H20N2O2. The van der Waals surface area contributed by atoms with Gasteiger partial charge in [-0.1, -0.05) is 0 Å². The zero-order chi connectivity index (χ0) is 11.4. The van der Waals surface area contributed by atoms with E-state index >= 15 is 0 Å². The minimum absolute atomic E-state index is 0.0641. The average Bonchev–Trinajstić information content (AvgIpc) is 2.39. The number of carbonyl (C=O) groups is 2. The molecule has 2 fully saturated rings. The van der Waals surface area contributed by atoms with Crippen LogP contribution < -0.4 is 5.32 Å². The van der Waals surface area contributed by atoms with Crippen molar-refractivity contribution >= 4 is 12.2 Å². The summed E-state index contributed by atoms with van der Waals surface area (Å²) in [6.45, 7) is 3.31. The van der Waals surface area contributed by atoms with Crippen molar-refractivity contribution in [2.24, 2.45) is 11.8 Å². The highest BCUT2D eigenvalue weighted by molar-refractivity contribution is 5.79. The maximum Gasteiger partial charge on any atom is 0.226 e. The Morgan fingerprint density at radius 2 is 2.19 bits per heavy atom. The largest absolute Gasteiger partial charge is 0.342 e. The average molecular weight is 224 g/mol. The Balaban J connectivity index is 1.90. The molecular weight excluding hydrogens is 204 g/mol. The van der Waals surface area contributed by atoms with Crippen LogP contribution in [0.4, 0.5) is 0 Å². The van der Waals surface area contributed by atoms with Gasteiger partial charge in [0.25, 0.3) is 0 Å². The molecule has 2 aliphatic heterocycles. The minimum Gasteiger partial charge on any atom is -0.342 e. The second kappa shape index (κ2) is 5.43. The number of nitrogens with zero attached hydrogens (tertiary/aromatic N) is 1. The molecule has 0 aliphatic carbocycles. The Hall–Kier alpha value is -0.900. The molecule has 16 heavy (non-hydrogen) atoms. The Bertz CT molecular complexity index is 262. The van der Waals surface area contributed by atoms with Crippen LogP contribution in [0.2, 0.25) is 0 Å². The number of hydrogen-bond donors (Lipinski definition) is 1. The van der Waals surface area contributed by atoms with E-state index in [4.69, 9.17) is 0 Å². The predicted octanol–water partition coefficient (Wildman–Crippen LogP) is 0.424. The van der Waals surface area contributed by atoms with Crippen LogP contribution in [0.25, 0.3) is 0 Å². The number of hydrogen-bond acceptors (Lipinski definition) is 3. The van der Waals surface area contributed by atoms with Gasteiger partial charge in [0, 0.05) is 25.6 Å². The van der Waals surface area contributed by atoms with Crippen LogP contribution in [0, 0.1) is 11.8 Å². The van der Waals surface area contributed by atoms with Crippen LogP contribution >= 0.6 is 0 Å². The van der Waals surface area contributed by atoms with E-state index in [1.807, 2.05) is 4.90 Å². The van der Waals surface area contributed by atoms with Gasteiger partial charge in [0.05, 0.1) is 5.92 Å². The molecule has 0 saturated carbocycles. The van der Waals surface area contributed by atoms with E-state index in [1.54, 1.807) is 0 Å². The minimum atomic E-state index is 0.0641. The molecule has 0 bridgehead atoms. The van der Waals surface area contributed by atoms with Crippen LogP contribution in [-0.4, -0.2) is 43.3 Å². The molecule has 2 atom stereocenters. The summed E-state index contributed by atoms with van der Waals surface area (Å²) in [5.74, 6) is 0.451. The number of carbonyl (C=O) groups excluding carboxylic acids is 2. The SMILES string of the molecule is O=CC1CCCN(C(=O)C2CCCNC2)C1. The molecule has 4 heteroatoms. The molecule has 90 valence electrons. The number of likely N-dealkylation sites (tertiary alicyclic amines) is 1. The van der Waals surface area contributed by atoms with E-state index < -0.39 is 0 Å². The molecule has 0 spiro atoms. The van der Waals surface area contributed by atoms with Crippen molar-refractivity contribution in [3.05, 3.63) is 0 Å². The maximum atomic E-state index is 12.2. The number of piperidine rings is 2. The third kappa shape index (κ3) is 2.61. The number of nitrogens with one attached hydrogen (secondary N) is 1. The fourth-order valence-electron chi connectivity index (χ4n) is 2.64. The quantitative estimate of drug-likeness (QED) is 0.692. The normalized spacial score (nSPS) is 31.1. The second-order valence-electron chi connectivity index (χ2n) is 4.87. The van der Waals surface area contributed by atoms with Gasteiger partial charge in [0.15, 0.2) is 0 Å². The summed E-state index contributed by atoms with van der Waals surface area (Å²) in [5, 5.41) is 3.26. The highest BCUT2D eigenvalue weighted by atomic mass is 16.2. The Kier molecular flexibility index (Phi) is 3.93. The molecule has 1 amide bonds. The number of rotatable bonds is 2. The summed E-state index contributed by atoms with van der Waals surface area (Å²) in [7, 11) is 0. The molecule has 2 heterocycles. The monoisotopic (exact) mass is 224 g/mol. The van der Waals surface area contributed by atoms with Crippen molar-refractivity contribution in [1.82, 2.24) is 10.2 Å². The van der Waals surface area contributed by atoms with Crippen molar-refractivity contribution in [2.45, 2.75) is 25.7 Å². The van der Waals surface area contributed by atoms with Crippen LogP contribution in [0.1, 0.15) is 25.7 Å². The van der Waals surface area contributed by atoms with E-state index in [9.17, 15) is 9.59 Å². The smallest absolute Gasteiger partial charge is 0.226 e. The van der Waals surface area contributed by atoms with Gasteiger partial charge >= 0.3 is 0 Å². The Labute approximate surface area is 96.4 Å². The van der Waals surface area contributed by atoms with E-state index in [2.05, 4.69) is 5.32 Å². The Morgan fingerprint density at radius 3 is 2.88 bits per heavy atom. The Morgan fingerprint density at radius 1 is 1.31 bits per heavy atom. The third-order valence-corrected chi connectivity index (χ3v) is 3.61. The summed E-state index contributed by atoms with van der Waals surface area (Å²) in [6.07, 6.45) is 4.99. The van der Waals surface area contributed by atoms with Gasteiger partial charge in [-0.05, 0) is 32.2 Å². The van der Waals surface area contributed by atoms with Gasteiger partial charge in [-0.2, -0.15) is 0 Å². The van der Waals surface area contributed by atoms with Crippen molar-refractivity contribution in [2.75, 3.05) is 26.2 Å². The van der Waals surface area contributed by atoms with Crippen molar-refractivity contribution in [3.8, 4) is 0 Å². The molecule has 4 nitrogen and oxygen atoms in total. The summed E-state index contributed by atoms with van der Waals surface area (Å²) in [4.78, 5) is 24.8. The van der Waals surface area contributed by atoms with Crippen LogP contribution in [0.5, 0.6) is 0 Å². The lowest BCUT2D eigenvalue weighted by Crippen LogP contribution is -2.47. The van der Waals surface area contributed by atoms with Crippen molar-refractivity contribution in [1.29, 1.82) is 0 Å². The lowest BCUT2D eigenvalue weighted by atomic mass is 9.94. The van der Waals surface area contributed by atoms with Gasteiger partial charge < -0.3 is 15.0 Å². The molecule has 1 N–H and O–H groups in total. The summed E-state index contributed by atoms with van der Waals surface area (Å²) >= 11 is 0. The summed E-state index contributed by atoms with van der Waals surface area (Å²) in [5.41, 5.74) is 0. The molecule has 2 rings (SSSR count). The van der Waals surface area contributed by atoms with E-state index in [0.717, 1.165) is 51.6 Å². The van der Waals surface area contributed by atoms with Gasteiger partial charge in [-0.15, -0.1) is 0 Å². The second-order valence-corrected chi connectivity index (χ2v) is 4.87. The summed E-state index contributed by atoms with van der Waals surface area (Å²) < 4.78 is 0. The number of amides is 1. The summed E-state index contributed by atoms with van der Waals surface area (Å²) in [6, 6.07) is 0. The highest BCUT2D eigenvalue weighted by Gasteiger charge is 2.29. The van der Waals surface area contributed by atoms with Gasteiger partial charge in [-0.3, -0.25) is 4.79 Å². The van der Waals surface area contributed by atoms with E-state index in [-0.39, 0.29) is 17.7 Å². The van der Waals surface area contributed by atoms with E-state index in [0.29, 0.717) is 6.54 Å². The first kappa shape index (κ1) is 11.6. The fraction of sp³-hybridized carbons (Fsp3) is 0.833. The zero-order valence-electron chi connectivity index (χ0n) is 9.65. The highest BCUT2D eigenvalue weighted by Crippen LogP contribution is 2.19. The van der Waals surface area contributed by atoms with Crippen LogP contribution in [0.3, 0.4) is 0 Å². The molecule has 0 aromatic carbocycles. The predicted molar refractivity (Wildman–Crippen MR) is 61.0 cm³/mol. The molecule has 2 aliphatic rings. The molecule has 0 radical (unpaired) electrons. The van der Waals surface area contributed by atoms with Gasteiger partial charge in [0.1, 0.15) is 6.29 Å². The zero-order valence-corrected chi connectivity index (χ0v) is 9.65. The topological polar surface area (TPSA) is 49.4 Å². The molecule has 2 unspecified atom stereocenters. The van der Waals surface area contributed by atoms with E-state index in [1.165, 1.54) is 0 Å². The van der Waals surface area contributed by atoms with Gasteiger partial charge in [-0.25, -0.2) is 0 Å². The maximum absolute atomic E-state index is 12.2. The van der Waals surface area contributed by atoms with Gasteiger partial charge in [0.2, 0.25) is 5.91 Å². The molecule has 2 saturated heterocycles. The standard InChI is InChI=1S/C12H20N2O2/c15-9-10-3-2-6-14(8-10)12(16)11-4-1-5-13-7-11/h9-11,13H,1-8H2. The molecule has 0 aromatic heterocycles. The first-order valence-corrected chi connectivity index (χ1v) is 6.26. The van der Waals surface area contributed by atoms with Crippen molar-refractivity contribution < 1.29 is 9.59 Å².